The summed E-state index contributed by atoms with van der Waals surface area (Å²) < 4.78 is 32.3. The Balaban J connectivity index is 3.58. The van der Waals surface area contributed by atoms with E-state index in [9.17, 15) is 18.1 Å². The van der Waals surface area contributed by atoms with Crippen LogP contribution in [0, 0.1) is 0 Å². The van der Waals surface area contributed by atoms with Crippen molar-refractivity contribution in [3.8, 4) is 0 Å². The van der Waals surface area contributed by atoms with Crippen molar-refractivity contribution in [1.82, 2.24) is 0 Å². The van der Waals surface area contributed by atoms with E-state index in [0.717, 1.165) is 19.3 Å². The van der Waals surface area contributed by atoms with Crippen molar-refractivity contribution in [2.24, 2.45) is 0 Å². The first-order chi connectivity index (χ1) is 12.4. The summed E-state index contributed by atoms with van der Waals surface area (Å²) in [6, 6.07) is 0. The smallest absolute Gasteiger partial charge is 0.267 e. The standard InChI is InChI=1S/C21H44O4S/c1-3-5-6-7-8-9-10-11-12-13-14-15-16-17-21(26(23,24)25)19-18-20(22)4-2/h20-22H,3-19H2,1-2H3,(H,23,24,25). The molecule has 0 heterocycles. The molecule has 0 aliphatic carbocycles. The first-order valence-corrected chi connectivity index (χ1v) is 12.6. The van der Waals surface area contributed by atoms with Gasteiger partial charge < -0.3 is 5.11 Å². The zero-order valence-electron chi connectivity index (χ0n) is 17.3. The number of aliphatic hydroxyl groups is 1. The predicted octanol–water partition coefficient (Wildman–Crippen LogP) is 6.28. The van der Waals surface area contributed by atoms with Crippen molar-refractivity contribution >= 4 is 10.1 Å². The van der Waals surface area contributed by atoms with Crippen LogP contribution in [0.1, 0.15) is 123 Å². The lowest BCUT2D eigenvalue weighted by molar-refractivity contribution is 0.156. The summed E-state index contributed by atoms with van der Waals surface area (Å²) in [6.45, 7) is 4.12. The summed E-state index contributed by atoms with van der Waals surface area (Å²) in [7, 11) is -4.00. The van der Waals surface area contributed by atoms with Gasteiger partial charge in [0.2, 0.25) is 0 Å². The van der Waals surface area contributed by atoms with E-state index >= 15 is 0 Å². The lowest BCUT2D eigenvalue weighted by Crippen LogP contribution is -2.22. The van der Waals surface area contributed by atoms with Crippen molar-refractivity contribution in [2.75, 3.05) is 0 Å². The lowest BCUT2D eigenvalue weighted by Gasteiger charge is -2.15. The topological polar surface area (TPSA) is 74.6 Å². The molecule has 2 atom stereocenters. The summed E-state index contributed by atoms with van der Waals surface area (Å²) in [5, 5.41) is 8.87. The van der Waals surface area contributed by atoms with Gasteiger partial charge in [-0.15, -0.1) is 0 Å². The van der Waals surface area contributed by atoms with Crippen molar-refractivity contribution in [2.45, 2.75) is 134 Å². The quantitative estimate of drug-likeness (QED) is 0.200. The van der Waals surface area contributed by atoms with Gasteiger partial charge in [0.15, 0.2) is 0 Å². The molecular weight excluding hydrogens is 348 g/mol. The first kappa shape index (κ1) is 25.9. The Morgan fingerprint density at radius 3 is 1.46 bits per heavy atom. The van der Waals surface area contributed by atoms with Crippen LogP contribution in [-0.4, -0.2) is 29.4 Å². The molecule has 2 unspecified atom stereocenters. The molecule has 0 spiro atoms. The van der Waals surface area contributed by atoms with Crippen LogP contribution in [-0.2, 0) is 10.1 Å². The van der Waals surface area contributed by atoms with Gasteiger partial charge in [0, 0.05) is 0 Å². The SMILES string of the molecule is CCCCCCCCCCCCCCCC(CCC(O)CC)S(=O)(=O)O. The Labute approximate surface area is 162 Å². The zero-order chi connectivity index (χ0) is 19.7. The second-order valence-electron chi connectivity index (χ2n) is 7.81. The molecule has 0 saturated carbocycles. The number of hydrogen-bond donors (Lipinski definition) is 2. The third kappa shape index (κ3) is 16.1. The van der Waals surface area contributed by atoms with Gasteiger partial charge in [0.05, 0.1) is 11.4 Å². The fourth-order valence-electron chi connectivity index (χ4n) is 3.41. The third-order valence-electron chi connectivity index (χ3n) is 5.34. The second-order valence-corrected chi connectivity index (χ2v) is 9.50. The van der Waals surface area contributed by atoms with Crippen LogP contribution in [0.2, 0.25) is 0 Å². The summed E-state index contributed by atoms with van der Waals surface area (Å²) in [5.41, 5.74) is 0. The Kier molecular flexibility index (Phi) is 16.9. The van der Waals surface area contributed by atoms with Gasteiger partial charge in [-0.2, -0.15) is 8.42 Å². The highest BCUT2D eigenvalue weighted by Gasteiger charge is 2.23. The molecule has 0 saturated heterocycles. The van der Waals surface area contributed by atoms with Crippen LogP contribution in [0.25, 0.3) is 0 Å². The molecule has 0 amide bonds. The van der Waals surface area contributed by atoms with Crippen LogP contribution in [0.4, 0.5) is 0 Å². The van der Waals surface area contributed by atoms with Gasteiger partial charge in [-0.1, -0.05) is 97.3 Å². The third-order valence-corrected chi connectivity index (χ3v) is 6.66. The number of aliphatic hydroxyl groups excluding tert-OH is 1. The minimum absolute atomic E-state index is 0.353. The van der Waals surface area contributed by atoms with Crippen LogP contribution in [0.5, 0.6) is 0 Å². The molecular formula is C21H44O4S. The number of unbranched alkanes of at least 4 members (excludes halogenated alkanes) is 12. The highest BCUT2D eigenvalue weighted by atomic mass is 32.2. The Morgan fingerprint density at radius 1 is 0.654 bits per heavy atom. The van der Waals surface area contributed by atoms with Crippen LogP contribution < -0.4 is 0 Å². The zero-order valence-corrected chi connectivity index (χ0v) is 18.1. The van der Waals surface area contributed by atoms with E-state index in [-0.39, 0.29) is 0 Å². The maximum Gasteiger partial charge on any atom is 0.267 e. The summed E-state index contributed by atoms with van der Waals surface area (Å²) in [6.07, 6.45) is 17.8. The fraction of sp³-hybridized carbons (Fsp3) is 1.00. The predicted molar refractivity (Wildman–Crippen MR) is 111 cm³/mol. The molecule has 0 aliphatic heterocycles. The average Bonchev–Trinajstić information content (AvgIpc) is 2.60. The van der Waals surface area contributed by atoms with Gasteiger partial charge in [0.1, 0.15) is 0 Å². The molecule has 0 radical (unpaired) electrons. The normalized spacial score (nSPS) is 14.5. The van der Waals surface area contributed by atoms with E-state index in [0.29, 0.717) is 25.7 Å². The first-order valence-electron chi connectivity index (χ1n) is 11.1. The molecule has 0 fully saturated rings. The van der Waals surface area contributed by atoms with Gasteiger partial charge in [-0.05, 0) is 25.7 Å². The molecule has 0 aromatic carbocycles. The van der Waals surface area contributed by atoms with Gasteiger partial charge in [-0.25, -0.2) is 0 Å². The molecule has 5 heteroatoms. The minimum Gasteiger partial charge on any atom is -0.393 e. The van der Waals surface area contributed by atoms with Gasteiger partial charge >= 0.3 is 0 Å². The minimum atomic E-state index is -4.00. The molecule has 0 rings (SSSR count). The Bertz CT molecular complexity index is 395. The van der Waals surface area contributed by atoms with E-state index in [1.165, 1.54) is 64.2 Å². The summed E-state index contributed by atoms with van der Waals surface area (Å²) in [5.74, 6) is 0. The molecule has 0 aliphatic rings. The highest BCUT2D eigenvalue weighted by Crippen LogP contribution is 2.19. The molecule has 158 valence electrons. The van der Waals surface area contributed by atoms with E-state index in [1.54, 1.807) is 0 Å². The molecule has 0 aromatic rings. The van der Waals surface area contributed by atoms with Crippen LogP contribution >= 0.6 is 0 Å². The Morgan fingerprint density at radius 2 is 1.08 bits per heavy atom. The van der Waals surface area contributed by atoms with E-state index in [1.807, 2.05) is 6.92 Å². The molecule has 2 N–H and O–H groups in total. The van der Waals surface area contributed by atoms with Crippen LogP contribution in [0.15, 0.2) is 0 Å². The highest BCUT2D eigenvalue weighted by molar-refractivity contribution is 7.86. The van der Waals surface area contributed by atoms with E-state index in [2.05, 4.69) is 6.92 Å². The Hall–Kier alpha value is -0.130. The van der Waals surface area contributed by atoms with E-state index in [4.69, 9.17) is 0 Å². The van der Waals surface area contributed by atoms with Crippen molar-refractivity contribution < 1.29 is 18.1 Å². The van der Waals surface area contributed by atoms with Crippen molar-refractivity contribution in [3.05, 3.63) is 0 Å². The molecule has 26 heavy (non-hydrogen) atoms. The average molecular weight is 393 g/mol. The van der Waals surface area contributed by atoms with Crippen LogP contribution in [0.3, 0.4) is 0 Å². The fourth-order valence-corrected chi connectivity index (χ4v) is 4.31. The van der Waals surface area contributed by atoms with E-state index < -0.39 is 21.5 Å². The van der Waals surface area contributed by atoms with Gasteiger partial charge in [0.25, 0.3) is 10.1 Å². The number of hydrogen-bond acceptors (Lipinski definition) is 3. The van der Waals surface area contributed by atoms with Gasteiger partial charge in [-0.3, -0.25) is 4.55 Å². The monoisotopic (exact) mass is 392 g/mol. The van der Waals surface area contributed by atoms with Crippen molar-refractivity contribution in [1.29, 1.82) is 0 Å². The maximum absolute atomic E-state index is 11.5. The second kappa shape index (κ2) is 17.0. The number of rotatable bonds is 19. The lowest BCUT2D eigenvalue weighted by atomic mass is 10.0. The largest absolute Gasteiger partial charge is 0.393 e. The van der Waals surface area contributed by atoms with Crippen molar-refractivity contribution in [3.63, 3.8) is 0 Å². The summed E-state index contributed by atoms with van der Waals surface area (Å²) >= 11 is 0. The maximum atomic E-state index is 11.5. The molecule has 4 nitrogen and oxygen atoms in total. The molecule has 0 aromatic heterocycles. The summed E-state index contributed by atoms with van der Waals surface area (Å²) in [4.78, 5) is 0. The molecule has 0 bridgehead atoms.